The van der Waals surface area contributed by atoms with Gasteiger partial charge in [-0.25, -0.2) is 9.97 Å². The highest BCUT2D eigenvalue weighted by Gasteiger charge is 2.20. The molecule has 1 aromatic carbocycles. The molecular formula is C17H20ClN3O. The molecule has 1 aliphatic rings. The van der Waals surface area contributed by atoms with Crippen molar-refractivity contribution in [3.63, 3.8) is 0 Å². The molecule has 0 spiro atoms. The highest BCUT2D eigenvalue weighted by molar-refractivity contribution is 6.30. The van der Waals surface area contributed by atoms with Crippen molar-refractivity contribution in [2.24, 2.45) is 0 Å². The van der Waals surface area contributed by atoms with Crippen molar-refractivity contribution in [1.29, 1.82) is 0 Å². The Morgan fingerprint density at radius 1 is 1.27 bits per heavy atom. The van der Waals surface area contributed by atoms with Gasteiger partial charge in [-0.3, -0.25) is 0 Å². The molecule has 22 heavy (non-hydrogen) atoms. The van der Waals surface area contributed by atoms with Gasteiger partial charge in [-0.05, 0) is 37.5 Å². The van der Waals surface area contributed by atoms with E-state index in [0.717, 1.165) is 55.0 Å². The van der Waals surface area contributed by atoms with Crippen LogP contribution in [0.25, 0.3) is 0 Å². The lowest BCUT2D eigenvalue weighted by atomic mass is 10.0. The van der Waals surface area contributed by atoms with Gasteiger partial charge in [0.25, 0.3) is 0 Å². The molecule has 1 aromatic heterocycles. The third-order valence-corrected chi connectivity index (χ3v) is 4.09. The minimum atomic E-state index is 0.401. The number of rotatable bonds is 5. The second kappa shape index (κ2) is 7.07. The summed E-state index contributed by atoms with van der Waals surface area (Å²) in [5.41, 5.74) is 2.34. The number of benzene rings is 1. The molecule has 0 unspecified atom stereocenters. The van der Waals surface area contributed by atoms with E-state index >= 15 is 0 Å². The summed E-state index contributed by atoms with van der Waals surface area (Å²) in [6.45, 7) is 4.36. The van der Waals surface area contributed by atoms with Crippen molar-refractivity contribution in [3.8, 4) is 0 Å². The molecule has 2 heterocycles. The monoisotopic (exact) mass is 317 g/mol. The zero-order valence-electron chi connectivity index (χ0n) is 12.7. The zero-order valence-corrected chi connectivity index (χ0v) is 13.4. The first-order chi connectivity index (χ1) is 10.7. The van der Waals surface area contributed by atoms with E-state index in [4.69, 9.17) is 16.3 Å². The van der Waals surface area contributed by atoms with Crippen LogP contribution in [0.15, 0.2) is 30.3 Å². The molecule has 1 fully saturated rings. The Bertz CT molecular complexity index is 624. The average molecular weight is 318 g/mol. The number of aryl methyl sites for hydroxylation is 1. The summed E-state index contributed by atoms with van der Waals surface area (Å²) in [5.74, 6) is 2.10. The molecule has 0 saturated carbocycles. The lowest BCUT2D eigenvalue weighted by Gasteiger charge is -2.11. The summed E-state index contributed by atoms with van der Waals surface area (Å²) >= 11 is 5.90. The fourth-order valence-electron chi connectivity index (χ4n) is 2.64. The second-order valence-corrected chi connectivity index (χ2v) is 6.03. The highest BCUT2D eigenvalue weighted by atomic mass is 35.5. The molecule has 2 aromatic rings. The van der Waals surface area contributed by atoms with Crippen molar-refractivity contribution in [2.45, 2.75) is 25.7 Å². The van der Waals surface area contributed by atoms with E-state index in [9.17, 15) is 0 Å². The van der Waals surface area contributed by atoms with Crippen LogP contribution < -0.4 is 5.32 Å². The molecule has 4 nitrogen and oxygen atoms in total. The van der Waals surface area contributed by atoms with Crippen LogP contribution in [0.5, 0.6) is 0 Å². The van der Waals surface area contributed by atoms with Gasteiger partial charge in [-0.1, -0.05) is 23.7 Å². The number of hydrogen-bond donors (Lipinski definition) is 1. The van der Waals surface area contributed by atoms with Crippen molar-refractivity contribution in [2.75, 3.05) is 25.1 Å². The minimum Gasteiger partial charge on any atom is -0.381 e. The summed E-state index contributed by atoms with van der Waals surface area (Å²) in [6.07, 6.45) is 1.97. The molecular weight excluding hydrogens is 298 g/mol. The van der Waals surface area contributed by atoms with Gasteiger partial charge in [0, 0.05) is 30.2 Å². The van der Waals surface area contributed by atoms with Crippen molar-refractivity contribution < 1.29 is 4.74 Å². The molecule has 3 rings (SSSR count). The molecule has 5 heteroatoms. The number of nitrogens with zero attached hydrogens (tertiary/aromatic N) is 2. The Balaban J connectivity index is 1.61. The van der Waals surface area contributed by atoms with E-state index in [-0.39, 0.29) is 0 Å². The predicted molar refractivity (Wildman–Crippen MR) is 88.6 cm³/mol. The number of nitrogens with one attached hydrogen (secondary N) is 1. The Morgan fingerprint density at radius 3 is 2.82 bits per heavy atom. The molecule has 1 aliphatic heterocycles. The third-order valence-electron chi connectivity index (χ3n) is 3.84. The van der Waals surface area contributed by atoms with Crippen molar-refractivity contribution in [3.05, 3.63) is 52.4 Å². The van der Waals surface area contributed by atoms with Crippen LogP contribution in [0.1, 0.15) is 29.4 Å². The predicted octanol–water partition coefficient (Wildman–Crippen LogP) is 3.60. The molecule has 0 aliphatic carbocycles. The maximum Gasteiger partial charge on any atom is 0.129 e. The maximum atomic E-state index is 5.90. The van der Waals surface area contributed by atoms with E-state index < -0.39 is 0 Å². The fourth-order valence-corrected chi connectivity index (χ4v) is 2.77. The smallest absolute Gasteiger partial charge is 0.129 e. The van der Waals surface area contributed by atoms with E-state index in [1.807, 2.05) is 25.1 Å². The third kappa shape index (κ3) is 3.96. The molecule has 116 valence electrons. The van der Waals surface area contributed by atoms with E-state index in [0.29, 0.717) is 5.92 Å². The Labute approximate surface area is 135 Å². The zero-order chi connectivity index (χ0) is 15.4. The maximum absolute atomic E-state index is 5.90. The second-order valence-electron chi connectivity index (χ2n) is 5.59. The number of aromatic nitrogens is 2. The van der Waals surface area contributed by atoms with E-state index in [1.165, 1.54) is 5.56 Å². The van der Waals surface area contributed by atoms with Crippen LogP contribution in [0, 0.1) is 6.92 Å². The summed E-state index contributed by atoms with van der Waals surface area (Å²) in [6, 6.07) is 10.00. The first-order valence-electron chi connectivity index (χ1n) is 7.62. The Morgan fingerprint density at radius 2 is 2.09 bits per heavy atom. The average Bonchev–Trinajstić information content (AvgIpc) is 3.03. The van der Waals surface area contributed by atoms with Crippen LogP contribution in [0.2, 0.25) is 5.02 Å². The first-order valence-corrected chi connectivity index (χ1v) is 8.00. The number of halogens is 1. The highest BCUT2D eigenvalue weighted by Crippen LogP contribution is 2.25. The molecule has 0 amide bonds. The Kier molecular flexibility index (Phi) is 4.90. The normalized spacial score (nSPS) is 17.6. The van der Waals surface area contributed by atoms with E-state index in [1.54, 1.807) is 0 Å². The summed E-state index contributed by atoms with van der Waals surface area (Å²) in [4.78, 5) is 9.01. The van der Waals surface area contributed by atoms with Gasteiger partial charge >= 0.3 is 0 Å². The van der Waals surface area contributed by atoms with Gasteiger partial charge in [0.05, 0.1) is 12.3 Å². The lowest BCUT2D eigenvalue weighted by Crippen LogP contribution is -2.10. The molecule has 0 bridgehead atoms. The van der Waals surface area contributed by atoms with E-state index in [2.05, 4.69) is 27.4 Å². The van der Waals surface area contributed by atoms with Gasteiger partial charge < -0.3 is 10.1 Å². The van der Waals surface area contributed by atoms with Crippen molar-refractivity contribution in [1.82, 2.24) is 9.97 Å². The molecule has 0 radical (unpaired) electrons. The summed E-state index contributed by atoms with van der Waals surface area (Å²) in [5, 5.41) is 4.16. The topological polar surface area (TPSA) is 47.0 Å². The number of ether oxygens (including phenoxy) is 1. The van der Waals surface area contributed by atoms with Gasteiger partial charge in [-0.2, -0.15) is 0 Å². The van der Waals surface area contributed by atoms with Gasteiger partial charge in [0.15, 0.2) is 0 Å². The first kappa shape index (κ1) is 15.3. The van der Waals surface area contributed by atoms with Crippen LogP contribution in [0.3, 0.4) is 0 Å². The van der Waals surface area contributed by atoms with Crippen LogP contribution in [-0.2, 0) is 11.2 Å². The lowest BCUT2D eigenvalue weighted by molar-refractivity contribution is 0.193. The SMILES string of the molecule is Cc1nc(NCCc2ccc(Cl)cc2)cc([C@@H]2CCOC2)n1. The number of anilines is 1. The van der Waals surface area contributed by atoms with Crippen LogP contribution >= 0.6 is 11.6 Å². The van der Waals surface area contributed by atoms with Crippen molar-refractivity contribution >= 4 is 17.4 Å². The molecule has 1 atom stereocenters. The van der Waals surface area contributed by atoms with Gasteiger partial charge in [-0.15, -0.1) is 0 Å². The minimum absolute atomic E-state index is 0.401. The fraction of sp³-hybridized carbons (Fsp3) is 0.412. The van der Waals surface area contributed by atoms with Crippen LogP contribution in [0.4, 0.5) is 5.82 Å². The van der Waals surface area contributed by atoms with Gasteiger partial charge in [0.2, 0.25) is 0 Å². The quantitative estimate of drug-likeness (QED) is 0.915. The largest absolute Gasteiger partial charge is 0.381 e. The summed E-state index contributed by atoms with van der Waals surface area (Å²) in [7, 11) is 0. The van der Waals surface area contributed by atoms with Crippen LogP contribution in [-0.4, -0.2) is 29.7 Å². The Hall–Kier alpha value is -1.65. The molecule has 1 saturated heterocycles. The standard InChI is InChI=1S/C17H20ClN3O/c1-12-20-16(14-7-9-22-11-14)10-17(21-12)19-8-6-13-2-4-15(18)5-3-13/h2-5,10,14H,6-9,11H2,1H3,(H,19,20,21)/t14-/m1/s1. The number of hydrogen-bond acceptors (Lipinski definition) is 4. The summed E-state index contributed by atoms with van der Waals surface area (Å²) < 4.78 is 5.45. The van der Waals surface area contributed by atoms with Gasteiger partial charge in [0.1, 0.15) is 11.6 Å². The molecule has 1 N–H and O–H groups in total.